The molecule has 0 saturated heterocycles. The van der Waals surface area contributed by atoms with Gasteiger partial charge in [0.2, 0.25) is 15.7 Å². The minimum Gasteiger partial charge on any atom is -0.261 e. The molecule has 9 nitrogen and oxygen atoms in total. The van der Waals surface area contributed by atoms with E-state index in [1.165, 1.54) is 0 Å². The van der Waals surface area contributed by atoms with Gasteiger partial charge in [-0.15, -0.1) is 0 Å². The van der Waals surface area contributed by atoms with Gasteiger partial charge in [-0.2, -0.15) is 13.2 Å². The highest BCUT2D eigenvalue weighted by atomic mass is 32.2. The van der Waals surface area contributed by atoms with Crippen LogP contribution < -0.4 is 4.31 Å². The van der Waals surface area contributed by atoms with E-state index in [1.54, 1.807) is 0 Å². The fraction of sp³-hybridized carbons (Fsp3) is 0.333. The zero-order chi connectivity index (χ0) is 17.5. The van der Waals surface area contributed by atoms with E-state index < -0.39 is 48.7 Å². The predicted octanol–water partition coefficient (Wildman–Crippen LogP) is 1.92. The minimum atomic E-state index is -5.07. The van der Waals surface area contributed by atoms with Gasteiger partial charge in [-0.1, -0.05) is 0 Å². The Balaban J connectivity index is 3.89. The van der Waals surface area contributed by atoms with Crippen molar-refractivity contribution in [2.75, 3.05) is 17.6 Å². The zero-order valence-electron chi connectivity index (χ0n) is 11.0. The Labute approximate surface area is 121 Å². The maximum Gasteiger partial charge on any atom is 0.416 e. The van der Waals surface area contributed by atoms with Crippen molar-refractivity contribution in [2.45, 2.75) is 6.18 Å². The van der Waals surface area contributed by atoms with Gasteiger partial charge in [0, 0.05) is 19.2 Å². The molecule has 13 heteroatoms. The highest BCUT2D eigenvalue weighted by Crippen LogP contribution is 2.43. The van der Waals surface area contributed by atoms with Gasteiger partial charge in [0.1, 0.15) is 0 Å². The quantitative estimate of drug-likeness (QED) is 0.607. The molecule has 0 aliphatic carbocycles. The van der Waals surface area contributed by atoms with Gasteiger partial charge in [0.15, 0.2) is 0 Å². The number of hydrogen-bond acceptors (Lipinski definition) is 6. The molecule has 122 valence electrons. The maximum atomic E-state index is 12.7. The number of rotatable bonds is 4. The Morgan fingerprint density at radius 2 is 1.45 bits per heavy atom. The van der Waals surface area contributed by atoms with Crippen LogP contribution >= 0.6 is 0 Å². The number of alkyl halides is 3. The first-order chi connectivity index (χ1) is 9.76. The van der Waals surface area contributed by atoms with Crippen LogP contribution in [0.1, 0.15) is 5.56 Å². The Morgan fingerprint density at radius 3 is 1.68 bits per heavy atom. The molecule has 0 aromatic heterocycles. The standard InChI is InChI=1S/C9H8F3N3O6S/c1-13(22(2,20)21)8-6(14(16)17)3-5(9(10,11)12)4-7(8)15(18)19/h3-4H,1-2H3. The van der Waals surface area contributed by atoms with Crippen LogP contribution in [0.4, 0.5) is 30.2 Å². The van der Waals surface area contributed by atoms with E-state index in [1.807, 2.05) is 0 Å². The van der Waals surface area contributed by atoms with E-state index in [9.17, 15) is 41.8 Å². The van der Waals surface area contributed by atoms with Crippen molar-refractivity contribution in [1.82, 2.24) is 0 Å². The number of benzene rings is 1. The lowest BCUT2D eigenvalue weighted by Crippen LogP contribution is -2.27. The fourth-order valence-electron chi connectivity index (χ4n) is 1.53. The third-order valence-electron chi connectivity index (χ3n) is 2.60. The topological polar surface area (TPSA) is 124 Å². The van der Waals surface area contributed by atoms with Crippen LogP contribution in [0, 0.1) is 20.2 Å². The molecule has 0 saturated carbocycles. The lowest BCUT2D eigenvalue weighted by atomic mass is 10.1. The van der Waals surface area contributed by atoms with Gasteiger partial charge in [-0.25, -0.2) is 8.42 Å². The molecule has 22 heavy (non-hydrogen) atoms. The number of nitro benzene ring substituents is 2. The summed E-state index contributed by atoms with van der Waals surface area (Å²) in [7, 11) is -3.41. The Bertz CT molecular complexity index is 710. The smallest absolute Gasteiger partial charge is 0.261 e. The first kappa shape index (κ1) is 17.6. The van der Waals surface area contributed by atoms with Crippen LogP contribution in [0.2, 0.25) is 0 Å². The van der Waals surface area contributed by atoms with Crippen LogP contribution in [-0.2, 0) is 16.2 Å². The average Bonchev–Trinajstić information content (AvgIpc) is 2.33. The Morgan fingerprint density at radius 1 is 1.09 bits per heavy atom. The zero-order valence-corrected chi connectivity index (χ0v) is 11.8. The third kappa shape index (κ3) is 3.41. The molecule has 0 heterocycles. The summed E-state index contributed by atoms with van der Waals surface area (Å²) in [5.41, 5.74) is -5.36. The highest BCUT2D eigenvalue weighted by molar-refractivity contribution is 7.92. The molecule has 0 bridgehead atoms. The fourth-order valence-corrected chi connectivity index (χ4v) is 2.05. The number of halogens is 3. The van der Waals surface area contributed by atoms with Crippen LogP contribution in [0.5, 0.6) is 0 Å². The summed E-state index contributed by atoms with van der Waals surface area (Å²) in [6.07, 6.45) is -4.48. The van der Waals surface area contributed by atoms with Crippen LogP contribution in [0.3, 0.4) is 0 Å². The van der Waals surface area contributed by atoms with Crippen molar-refractivity contribution in [3.8, 4) is 0 Å². The Hall–Kier alpha value is -2.44. The summed E-state index contributed by atoms with van der Waals surface area (Å²) in [6, 6.07) is 0.0913. The van der Waals surface area contributed by atoms with Gasteiger partial charge in [-0.05, 0) is 0 Å². The van der Waals surface area contributed by atoms with E-state index >= 15 is 0 Å². The summed E-state index contributed by atoms with van der Waals surface area (Å²) in [6.45, 7) is 0. The summed E-state index contributed by atoms with van der Waals surface area (Å²) in [5, 5.41) is 21.8. The number of nitro groups is 2. The van der Waals surface area contributed by atoms with Crippen molar-refractivity contribution in [2.24, 2.45) is 0 Å². The summed E-state index contributed by atoms with van der Waals surface area (Å²) in [5.74, 6) is 0. The molecule has 1 rings (SSSR count). The summed E-state index contributed by atoms with van der Waals surface area (Å²) < 4.78 is 61.0. The molecule has 1 aromatic carbocycles. The van der Waals surface area contributed by atoms with Crippen molar-refractivity contribution in [3.63, 3.8) is 0 Å². The van der Waals surface area contributed by atoms with Crippen LogP contribution in [0.15, 0.2) is 12.1 Å². The molecule has 0 aliphatic rings. The van der Waals surface area contributed by atoms with E-state index in [-0.39, 0.29) is 16.4 Å². The molecule has 0 atom stereocenters. The molecule has 0 N–H and O–H groups in total. The lowest BCUT2D eigenvalue weighted by molar-refractivity contribution is -0.392. The minimum absolute atomic E-state index is 0.0456. The number of hydrogen-bond donors (Lipinski definition) is 0. The van der Waals surface area contributed by atoms with Crippen molar-refractivity contribution in [1.29, 1.82) is 0 Å². The van der Waals surface area contributed by atoms with E-state index in [0.717, 1.165) is 7.05 Å². The van der Waals surface area contributed by atoms with Crippen LogP contribution in [0.25, 0.3) is 0 Å². The number of sulfonamides is 1. The Kier molecular flexibility index (Phi) is 4.32. The molecular weight excluding hydrogens is 335 g/mol. The van der Waals surface area contributed by atoms with E-state index in [2.05, 4.69) is 0 Å². The predicted molar refractivity (Wildman–Crippen MR) is 68.0 cm³/mol. The van der Waals surface area contributed by atoms with Gasteiger partial charge in [0.25, 0.3) is 0 Å². The van der Waals surface area contributed by atoms with Crippen molar-refractivity contribution < 1.29 is 31.4 Å². The molecule has 0 radical (unpaired) electrons. The second-order valence-electron chi connectivity index (χ2n) is 4.11. The largest absolute Gasteiger partial charge is 0.416 e. The first-order valence-corrected chi connectivity index (χ1v) is 7.09. The maximum absolute atomic E-state index is 12.7. The van der Waals surface area contributed by atoms with Gasteiger partial charge in [0.05, 0.1) is 21.7 Å². The van der Waals surface area contributed by atoms with Gasteiger partial charge >= 0.3 is 17.6 Å². The van der Waals surface area contributed by atoms with Crippen LogP contribution in [-0.4, -0.2) is 31.6 Å². The summed E-state index contributed by atoms with van der Waals surface area (Å²) in [4.78, 5) is 19.2. The van der Waals surface area contributed by atoms with Gasteiger partial charge in [-0.3, -0.25) is 24.5 Å². The number of nitrogens with zero attached hydrogens (tertiary/aromatic N) is 3. The molecular formula is C9H8F3N3O6S. The average molecular weight is 343 g/mol. The van der Waals surface area contributed by atoms with Crippen molar-refractivity contribution >= 4 is 27.1 Å². The van der Waals surface area contributed by atoms with E-state index in [4.69, 9.17) is 0 Å². The third-order valence-corrected chi connectivity index (χ3v) is 3.78. The monoisotopic (exact) mass is 343 g/mol. The molecule has 0 fully saturated rings. The summed E-state index contributed by atoms with van der Waals surface area (Å²) >= 11 is 0. The molecule has 0 amide bonds. The van der Waals surface area contributed by atoms with Gasteiger partial charge < -0.3 is 0 Å². The molecule has 0 unspecified atom stereocenters. The first-order valence-electron chi connectivity index (χ1n) is 5.24. The number of anilines is 1. The second-order valence-corrected chi connectivity index (χ2v) is 6.12. The molecule has 0 spiro atoms. The second kappa shape index (κ2) is 5.40. The van der Waals surface area contributed by atoms with Crippen molar-refractivity contribution in [3.05, 3.63) is 37.9 Å². The lowest BCUT2D eigenvalue weighted by Gasteiger charge is -2.17. The van der Waals surface area contributed by atoms with E-state index in [0.29, 0.717) is 6.26 Å². The highest BCUT2D eigenvalue weighted by Gasteiger charge is 2.40. The normalized spacial score (nSPS) is 12.0. The molecule has 1 aromatic rings. The SMILES string of the molecule is CN(c1c([N+](=O)[O-])cc(C(F)(F)F)cc1[N+](=O)[O-])S(C)(=O)=O. The molecule has 0 aliphatic heterocycles.